The normalized spacial score (nSPS) is 16.9. The van der Waals surface area contributed by atoms with Crippen molar-refractivity contribution >= 4 is 10.9 Å². The lowest BCUT2D eigenvalue weighted by atomic mass is 10.2. The van der Waals surface area contributed by atoms with Crippen molar-refractivity contribution in [3.63, 3.8) is 0 Å². The number of ether oxygens (including phenoxy) is 1. The van der Waals surface area contributed by atoms with Crippen LogP contribution in [0.25, 0.3) is 10.9 Å². The largest absolute Gasteiger partial charge is 0.379 e. The van der Waals surface area contributed by atoms with Crippen molar-refractivity contribution < 1.29 is 9.13 Å². The number of hydrogen-bond acceptors (Lipinski definition) is 3. The maximum atomic E-state index is 13.7. The molecule has 1 aromatic heterocycles. The number of rotatable bonds is 2. The fourth-order valence-corrected chi connectivity index (χ4v) is 2.37. The van der Waals surface area contributed by atoms with Gasteiger partial charge in [-0.3, -0.25) is 9.69 Å². The molecule has 0 aliphatic carbocycles. The second-order valence-corrected chi connectivity index (χ2v) is 4.71. The van der Waals surface area contributed by atoms with E-state index in [0.29, 0.717) is 30.7 Å². The van der Waals surface area contributed by atoms with Gasteiger partial charge in [0, 0.05) is 36.8 Å². The summed E-state index contributed by atoms with van der Waals surface area (Å²) >= 11 is 0. The van der Waals surface area contributed by atoms with Crippen LogP contribution in [0, 0.1) is 5.82 Å². The van der Waals surface area contributed by atoms with Gasteiger partial charge in [0.2, 0.25) is 0 Å². The Hall–Kier alpha value is -1.72. The predicted molar refractivity (Wildman–Crippen MR) is 70.6 cm³/mol. The summed E-state index contributed by atoms with van der Waals surface area (Å²) in [6.45, 7) is 3.68. The van der Waals surface area contributed by atoms with E-state index in [1.807, 2.05) is 0 Å². The van der Waals surface area contributed by atoms with Crippen LogP contribution < -0.4 is 5.43 Å². The van der Waals surface area contributed by atoms with Crippen LogP contribution in [0.2, 0.25) is 0 Å². The van der Waals surface area contributed by atoms with Crippen molar-refractivity contribution in [2.24, 2.45) is 0 Å². The van der Waals surface area contributed by atoms with Crippen molar-refractivity contribution in [1.29, 1.82) is 0 Å². The van der Waals surface area contributed by atoms with Crippen LogP contribution in [0.15, 0.2) is 29.1 Å². The zero-order valence-corrected chi connectivity index (χ0v) is 10.5. The van der Waals surface area contributed by atoms with Crippen molar-refractivity contribution in [1.82, 2.24) is 9.88 Å². The topological polar surface area (TPSA) is 45.3 Å². The molecule has 19 heavy (non-hydrogen) atoms. The molecule has 0 radical (unpaired) electrons. The average molecular weight is 262 g/mol. The van der Waals surface area contributed by atoms with E-state index in [2.05, 4.69) is 9.88 Å². The lowest BCUT2D eigenvalue weighted by molar-refractivity contribution is 0.0337. The molecule has 1 aromatic carbocycles. The van der Waals surface area contributed by atoms with Crippen molar-refractivity contribution in [3.8, 4) is 0 Å². The summed E-state index contributed by atoms with van der Waals surface area (Å²) in [6.07, 6.45) is 0. The van der Waals surface area contributed by atoms with Gasteiger partial charge in [0.25, 0.3) is 0 Å². The van der Waals surface area contributed by atoms with Gasteiger partial charge in [-0.2, -0.15) is 0 Å². The maximum Gasteiger partial charge on any atom is 0.189 e. The number of aromatic amines is 1. The van der Waals surface area contributed by atoms with Gasteiger partial charge in [0.05, 0.1) is 18.7 Å². The second-order valence-electron chi connectivity index (χ2n) is 4.71. The molecule has 0 bridgehead atoms. The first kappa shape index (κ1) is 12.3. The van der Waals surface area contributed by atoms with E-state index in [-0.39, 0.29) is 5.43 Å². The molecule has 0 spiro atoms. The summed E-state index contributed by atoms with van der Waals surface area (Å²) in [5, 5.41) is 0.394. The third-order valence-electron chi connectivity index (χ3n) is 3.37. The summed E-state index contributed by atoms with van der Waals surface area (Å²) in [5.41, 5.74) is 0.888. The van der Waals surface area contributed by atoms with E-state index >= 15 is 0 Å². The SMILES string of the molecule is O=c1cc(CN2CCOCC2)[nH]c2c(F)cccc12. The van der Waals surface area contributed by atoms with Crippen molar-refractivity contribution in [2.45, 2.75) is 6.54 Å². The smallest absolute Gasteiger partial charge is 0.189 e. The van der Waals surface area contributed by atoms with Gasteiger partial charge in [-0.05, 0) is 12.1 Å². The number of benzene rings is 1. The number of pyridine rings is 1. The Morgan fingerprint density at radius 3 is 2.89 bits per heavy atom. The standard InChI is InChI=1S/C14H15FN2O2/c15-12-3-1-2-11-13(18)8-10(16-14(11)12)9-17-4-6-19-7-5-17/h1-3,8H,4-7,9H2,(H,16,18). The van der Waals surface area contributed by atoms with Crippen LogP contribution in [0.4, 0.5) is 4.39 Å². The highest BCUT2D eigenvalue weighted by Gasteiger charge is 2.12. The number of aromatic nitrogens is 1. The van der Waals surface area contributed by atoms with Crippen LogP contribution in [0.1, 0.15) is 5.69 Å². The van der Waals surface area contributed by atoms with Gasteiger partial charge in [-0.15, -0.1) is 0 Å². The maximum absolute atomic E-state index is 13.7. The van der Waals surface area contributed by atoms with Gasteiger partial charge < -0.3 is 9.72 Å². The monoisotopic (exact) mass is 262 g/mol. The predicted octanol–water partition coefficient (Wildman–Crippen LogP) is 1.50. The van der Waals surface area contributed by atoms with Crippen molar-refractivity contribution in [3.05, 3.63) is 46.0 Å². The highest BCUT2D eigenvalue weighted by molar-refractivity contribution is 5.78. The van der Waals surface area contributed by atoms with E-state index in [1.54, 1.807) is 18.2 Å². The fourth-order valence-electron chi connectivity index (χ4n) is 2.37. The lowest BCUT2D eigenvalue weighted by Gasteiger charge is -2.26. The number of para-hydroxylation sites is 1. The molecular formula is C14H15FN2O2. The minimum Gasteiger partial charge on any atom is -0.379 e. The molecule has 100 valence electrons. The zero-order valence-electron chi connectivity index (χ0n) is 10.5. The molecule has 1 aliphatic heterocycles. The van der Waals surface area contributed by atoms with E-state index in [4.69, 9.17) is 4.74 Å². The third-order valence-corrected chi connectivity index (χ3v) is 3.37. The molecule has 0 saturated carbocycles. The molecule has 0 atom stereocenters. The Labute approximate surface area is 109 Å². The second kappa shape index (κ2) is 5.11. The van der Waals surface area contributed by atoms with Crippen LogP contribution in [-0.4, -0.2) is 36.2 Å². The Bertz CT molecular complexity index is 647. The average Bonchev–Trinajstić information content (AvgIpc) is 2.41. The summed E-state index contributed by atoms with van der Waals surface area (Å²) in [4.78, 5) is 17.2. The highest BCUT2D eigenvalue weighted by atomic mass is 19.1. The van der Waals surface area contributed by atoms with Gasteiger partial charge in [0.15, 0.2) is 5.43 Å². The quantitative estimate of drug-likeness (QED) is 0.892. The van der Waals surface area contributed by atoms with Gasteiger partial charge in [0.1, 0.15) is 5.82 Å². The summed E-state index contributed by atoms with van der Waals surface area (Å²) in [5.74, 6) is -0.390. The molecule has 5 heteroatoms. The van der Waals surface area contributed by atoms with Crippen LogP contribution in [0.3, 0.4) is 0 Å². The van der Waals surface area contributed by atoms with Crippen molar-refractivity contribution in [2.75, 3.05) is 26.3 Å². The number of fused-ring (bicyclic) bond motifs is 1. The van der Waals surface area contributed by atoms with Crippen LogP contribution in [-0.2, 0) is 11.3 Å². The fraction of sp³-hybridized carbons (Fsp3) is 0.357. The summed E-state index contributed by atoms with van der Waals surface area (Å²) in [7, 11) is 0. The molecule has 0 unspecified atom stereocenters. The number of halogens is 1. The lowest BCUT2D eigenvalue weighted by Crippen LogP contribution is -2.36. The molecule has 0 amide bonds. The molecule has 2 aromatic rings. The first-order valence-corrected chi connectivity index (χ1v) is 6.34. The third kappa shape index (κ3) is 2.52. The van der Waals surface area contributed by atoms with Crippen LogP contribution >= 0.6 is 0 Å². The van der Waals surface area contributed by atoms with Gasteiger partial charge in [-0.1, -0.05) is 6.07 Å². The summed E-state index contributed by atoms with van der Waals surface area (Å²) < 4.78 is 19.0. The Morgan fingerprint density at radius 1 is 1.32 bits per heavy atom. The van der Waals surface area contributed by atoms with Crippen LogP contribution in [0.5, 0.6) is 0 Å². The molecule has 1 fully saturated rings. The Balaban J connectivity index is 1.96. The molecule has 1 N–H and O–H groups in total. The van der Waals surface area contributed by atoms with Gasteiger partial charge >= 0.3 is 0 Å². The zero-order chi connectivity index (χ0) is 13.2. The van der Waals surface area contributed by atoms with E-state index in [1.165, 1.54) is 6.07 Å². The summed E-state index contributed by atoms with van der Waals surface area (Å²) in [6, 6.07) is 6.10. The van der Waals surface area contributed by atoms with Gasteiger partial charge in [-0.25, -0.2) is 4.39 Å². The first-order chi connectivity index (χ1) is 9.24. The Kier molecular flexibility index (Phi) is 3.31. The molecular weight excluding hydrogens is 247 g/mol. The number of morpholine rings is 1. The number of hydrogen-bond donors (Lipinski definition) is 1. The number of nitrogens with one attached hydrogen (secondary N) is 1. The minimum absolute atomic E-state index is 0.142. The molecule has 1 aliphatic rings. The van der Waals surface area contributed by atoms with E-state index in [9.17, 15) is 9.18 Å². The van der Waals surface area contributed by atoms with E-state index in [0.717, 1.165) is 18.8 Å². The number of nitrogens with zero attached hydrogens (tertiary/aromatic N) is 1. The first-order valence-electron chi connectivity index (χ1n) is 6.34. The number of H-pyrrole nitrogens is 1. The minimum atomic E-state index is -0.390. The highest BCUT2D eigenvalue weighted by Crippen LogP contribution is 2.13. The van der Waals surface area contributed by atoms with E-state index < -0.39 is 5.82 Å². The molecule has 4 nitrogen and oxygen atoms in total. The molecule has 3 rings (SSSR count). The molecule has 1 saturated heterocycles. The Morgan fingerprint density at radius 2 is 2.11 bits per heavy atom. The molecule has 2 heterocycles.